The van der Waals surface area contributed by atoms with Crippen LogP contribution in [0.5, 0.6) is 0 Å². The second-order valence-corrected chi connectivity index (χ2v) is 5.72. The summed E-state index contributed by atoms with van der Waals surface area (Å²) in [7, 11) is 0. The molecule has 1 N–H and O–H groups in total. The Morgan fingerprint density at radius 3 is 1.50 bits per heavy atom. The minimum absolute atomic E-state index is 0.306. The van der Waals surface area contributed by atoms with Crippen molar-refractivity contribution in [3.05, 3.63) is 0 Å². The molecule has 0 atom stereocenters. The Morgan fingerprint density at radius 2 is 1.05 bits per heavy atom. The highest BCUT2D eigenvalue weighted by Gasteiger charge is 2.01. The molecule has 3 nitrogen and oxygen atoms in total. The second-order valence-electron chi connectivity index (χ2n) is 5.72. The standard InChI is InChI=1S/C17H32O3/c1-2-3-10-13-16(18)14-11-8-6-4-5-7-9-12-15-17(19)20/h2-15H2,1H3,(H,19,20). The number of Topliss-reactive ketones (excluding diaryl/α,β-unsaturated/α-hetero) is 1. The van der Waals surface area contributed by atoms with E-state index in [1.807, 2.05) is 0 Å². The van der Waals surface area contributed by atoms with Crippen LogP contribution in [-0.4, -0.2) is 16.9 Å². The zero-order chi connectivity index (χ0) is 15.1. The molecule has 0 aromatic heterocycles. The molecule has 0 radical (unpaired) electrons. The molecule has 0 aliphatic heterocycles. The lowest BCUT2D eigenvalue weighted by molar-refractivity contribution is -0.137. The number of carboxylic acid groups (broad SMARTS) is 1. The van der Waals surface area contributed by atoms with Crippen LogP contribution < -0.4 is 0 Å². The van der Waals surface area contributed by atoms with Gasteiger partial charge in [-0.05, 0) is 19.3 Å². The summed E-state index contributed by atoms with van der Waals surface area (Å²) in [6.07, 6.45) is 14.1. The van der Waals surface area contributed by atoms with Gasteiger partial charge in [0.1, 0.15) is 5.78 Å². The van der Waals surface area contributed by atoms with Crippen molar-refractivity contribution in [2.24, 2.45) is 0 Å². The van der Waals surface area contributed by atoms with Crippen LogP contribution in [0.3, 0.4) is 0 Å². The predicted octanol–water partition coefficient (Wildman–Crippen LogP) is 5.12. The molecule has 20 heavy (non-hydrogen) atoms. The summed E-state index contributed by atoms with van der Waals surface area (Å²) >= 11 is 0. The summed E-state index contributed by atoms with van der Waals surface area (Å²) in [5.41, 5.74) is 0. The van der Waals surface area contributed by atoms with Crippen molar-refractivity contribution < 1.29 is 14.7 Å². The highest BCUT2D eigenvalue weighted by Crippen LogP contribution is 2.12. The first kappa shape index (κ1) is 19.1. The maximum absolute atomic E-state index is 11.5. The Morgan fingerprint density at radius 1 is 0.650 bits per heavy atom. The molecule has 0 aromatic carbocycles. The van der Waals surface area contributed by atoms with E-state index in [1.54, 1.807) is 0 Å². The zero-order valence-corrected chi connectivity index (χ0v) is 13.2. The van der Waals surface area contributed by atoms with Crippen LogP contribution in [-0.2, 0) is 9.59 Å². The van der Waals surface area contributed by atoms with Crippen LogP contribution in [0.25, 0.3) is 0 Å². The van der Waals surface area contributed by atoms with Crippen molar-refractivity contribution in [2.75, 3.05) is 0 Å². The van der Waals surface area contributed by atoms with Crippen LogP contribution in [0.2, 0.25) is 0 Å². The van der Waals surface area contributed by atoms with Crippen molar-refractivity contribution in [3.8, 4) is 0 Å². The van der Waals surface area contributed by atoms with Crippen molar-refractivity contribution >= 4 is 11.8 Å². The van der Waals surface area contributed by atoms with E-state index in [9.17, 15) is 9.59 Å². The summed E-state index contributed by atoms with van der Waals surface area (Å²) in [5, 5.41) is 8.50. The van der Waals surface area contributed by atoms with E-state index >= 15 is 0 Å². The van der Waals surface area contributed by atoms with E-state index in [-0.39, 0.29) is 0 Å². The molecule has 0 bridgehead atoms. The van der Waals surface area contributed by atoms with Gasteiger partial charge in [-0.15, -0.1) is 0 Å². The first-order valence-corrected chi connectivity index (χ1v) is 8.40. The average molecular weight is 284 g/mol. The Balaban J connectivity index is 3.12. The Kier molecular flexibility index (Phi) is 13.9. The van der Waals surface area contributed by atoms with Gasteiger partial charge in [0.15, 0.2) is 0 Å². The van der Waals surface area contributed by atoms with Crippen molar-refractivity contribution in [1.29, 1.82) is 0 Å². The summed E-state index contributed by atoms with van der Waals surface area (Å²) in [6, 6.07) is 0. The molecule has 0 rings (SSSR count). The minimum Gasteiger partial charge on any atom is -0.481 e. The fourth-order valence-electron chi connectivity index (χ4n) is 2.36. The molecule has 0 heterocycles. The maximum atomic E-state index is 11.5. The van der Waals surface area contributed by atoms with Gasteiger partial charge in [-0.1, -0.05) is 58.3 Å². The molecule has 0 aliphatic carbocycles. The third kappa shape index (κ3) is 15.2. The number of carbonyl (C=O) groups is 2. The van der Waals surface area contributed by atoms with Crippen molar-refractivity contribution in [3.63, 3.8) is 0 Å². The fourth-order valence-corrected chi connectivity index (χ4v) is 2.36. The summed E-state index contributed by atoms with van der Waals surface area (Å²) in [5.74, 6) is -0.249. The number of carboxylic acids is 1. The minimum atomic E-state index is -0.686. The summed E-state index contributed by atoms with van der Waals surface area (Å²) in [6.45, 7) is 2.16. The third-order valence-electron chi connectivity index (χ3n) is 3.66. The Bertz CT molecular complexity index is 249. The number of rotatable bonds is 15. The van der Waals surface area contributed by atoms with Gasteiger partial charge in [-0.25, -0.2) is 0 Å². The lowest BCUT2D eigenvalue weighted by Crippen LogP contribution is -1.97. The molecule has 0 aromatic rings. The number of unbranched alkanes of at least 4 members (excludes halogenated alkanes) is 9. The second kappa shape index (κ2) is 14.5. The highest BCUT2D eigenvalue weighted by molar-refractivity contribution is 5.78. The largest absolute Gasteiger partial charge is 0.481 e. The highest BCUT2D eigenvalue weighted by atomic mass is 16.4. The number of ketones is 1. The van der Waals surface area contributed by atoms with Gasteiger partial charge in [0, 0.05) is 19.3 Å². The Hall–Kier alpha value is -0.860. The van der Waals surface area contributed by atoms with Crippen LogP contribution in [0.1, 0.15) is 96.8 Å². The number of aliphatic carboxylic acids is 1. The first-order valence-electron chi connectivity index (χ1n) is 8.40. The van der Waals surface area contributed by atoms with Gasteiger partial charge in [-0.2, -0.15) is 0 Å². The van der Waals surface area contributed by atoms with Crippen LogP contribution in [0.4, 0.5) is 0 Å². The van der Waals surface area contributed by atoms with E-state index in [4.69, 9.17) is 5.11 Å². The molecule has 0 saturated carbocycles. The van der Waals surface area contributed by atoms with E-state index in [0.29, 0.717) is 12.2 Å². The van der Waals surface area contributed by atoms with Crippen LogP contribution in [0, 0.1) is 0 Å². The van der Waals surface area contributed by atoms with Crippen LogP contribution >= 0.6 is 0 Å². The van der Waals surface area contributed by atoms with Gasteiger partial charge >= 0.3 is 5.97 Å². The summed E-state index contributed by atoms with van der Waals surface area (Å²) < 4.78 is 0. The molecule has 0 unspecified atom stereocenters. The Labute approximate surface area is 124 Å². The third-order valence-corrected chi connectivity index (χ3v) is 3.66. The molecular weight excluding hydrogens is 252 g/mol. The number of hydrogen-bond acceptors (Lipinski definition) is 2. The quantitative estimate of drug-likeness (QED) is 0.424. The van der Waals surface area contributed by atoms with Gasteiger partial charge in [0.25, 0.3) is 0 Å². The number of carbonyl (C=O) groups excluding carboxylic acids is 1. The molecule has 118 valence electrons. The predicted molar refractivity (Wildman–Crippen MR) is 83.0 cm³/mol. The van der Waals surface area contributed by atoms with Gasteiger partial charge in [0.2, 0.25) is 0 Å². The molecule has 0 fully saturated rings. The lowest BCUT2D eigenvalue weighted by atomic mass is 10.0. The smallest absolute Gasteiger partial charge is 0.303 e. The molecule has 0 amide bonds. The first-order chi connectivity index (χ1) is 9.66. The fraction of sp³-hybridized carbons (Fsp3) is 0.882. The SMILES string of the molecule is CCCCCC(=O)CCCCCCCCCCC(=O)O. The van der Waals surface area contributed by atoms with E-state index in [0.717, 1.165) is 51.4 Å². The normalized spacial score (nSPS) is 10.7. The van der Waals surface area contributed by atoms with Crippen molar-refractivity contribution in [1.82, 2.24) is 0 Å². The van der Waals surface area contributed by atoms with Gasteiger partial charge in [-0.3, -0.25) is 9.59 Å². The monoisotopic (exact) mass is 284 g/mol. The molecule has 0 saturated heterocycles. The number of hydrogen-bond donors (Lipinski definition) is 1. The van der Waals surface area contributed by atoms with Crippen LogP contribution in [0.15, 0.2) is 0 Å². The zero-order valence-electron chi connectivity index (χ0n) is 13.2. The van der Waals surface area contributed by atoms with Gasteiger partial charge < -0.3 is 5.11 Å². The van der Waals surface area contributed by atoms with Gasteiger partial charge in [0.05, 0.1) is 0 Å². The topological polar surface area (TPSA) is 54.4 Å². The maximum Gasteiger partial charge on any atom is 0.303 e. The van der Waals surface area contributed by atoms with E-state index < -0.39 is 5.97 Å². The van der Waals surface area contributed by atoms with Crippen molar-refractivity contribution in [2.45, 2.75) is 96.8 Å². The molecular formula is C17H32O3. The van der Waals surface area contributed by atoms with E-state index in [1.165, 1.54) is 32.1 Å². The summed E-state index contributed by atoms with van der Waals surface area (Å²) in [4.78, 5) is 21.8. The average Bonchev–Trinajstić information content (AvgIpc) is 2.41. The molecule has 0 aliphatic rings. The lowest BCUT2D eigenvalue weighted by Gasteiger charge is -2.02. The van der Waals surface area contributed by atoms with E-state index in [2.05, 4.69) is 6.92 Å². The molecule has 3 heteroatoms. The molecule has 0 spiro atoms.